The summed E-state index contributed by atoms with van der Waals surface area (Å²) in [4.78, 5) is 0. The molecule has 0 saturated heterocycles. The number of ether oxygens (including phenoxy) is 2. The molecule has 2 atom stereocenters. The van der Waals surface area contributed by atoms with Crippen molar-refractivity contribution in [3.8, 4) is 11.5 Å². The number of halogens is 2. The van der Waals surface area contributed by atoms with Crippen LogP contribution in [0.1, 0.15) is 11.7 Å². The van der Waals surface area contributed by atoms with Gasteiger partial charge >= 0.3 is 0 Å². The summed E-state index contributed by atoms with van der Waals surface area (Å²) in [6, 6.07) is 3.23. The normalized spacial score (nSPS) is 14.2. The maximum absolute atomic E-state index is 9.89. The third-order valence-electron chi connectivity index (χ3n) is 2.36. The number of methoxy groups -OCH3 is 2. The standard InChI is InChI=1S/C11H14BrClO4/c1-16-8-4-3-6(9(13)11(8)17-2)10(15)7(14)5-12/h3-4,7,10,14-15H,5H2,1-2H3. The van der Waals surface area contributed by atoms with Gasteiger partial charge in [0.25, 0.3) is 0 Å². The zero-order valence-electron chi connectivity index (χ0n) is 9.48. The van der Waals surface area contributed by atoms with Gasteiger partial charge in [-0.1, -0.05) is 33.6 Å². The molecule has 0 aliphatic rings. The van der Waals surface area contributed by atoms with Gasteiger partial charge in [-0.05, 0) is 6.07 Å². The zero-order valence-corrected chi connectivity index (χ0v) is 11.8. The van der Waals surface area contributed by atoms with Crippen LogP contribution in [-0.2, 0) is 0 Å². The molecule has 1 aromatic carbocycles. The van der Waals surface area contributed by atoms with Crippen LogP contribution in [0.25, 0.3) is 0 Å². The van der Waals surface area contributed by atoms with Crippen LogP contribution in [-0.4, -0.2) is 35.9 Å². The van der Waals surface area contributed by atoms with E-state index in [4.69, 9.17) is 21.1 Å². The van der Waals surface area contributed by atoms with Crippen LogP contribution in [0.3, 0.4) is 0 Å². The van der Waals surface area contributed by atoms with Crippen molar-refractivity contribution in [2.75, 3.05) is 19.5 Å². The molecule has 0 fully saturated rings. The Hall–Kier alpha value is -0.490. The van der Waals surface area contributed by atoms with Gasteiger partial charge in [0.2, 0.25) is 0 Å². The Morgan fingerprint density at radius 2 is 1.94 bits per heavy atom. The molecule has 17 heavy (non-hydrogen) atoms. The van der Waals surface area contributed by atoms with Gasteiger partial charge in [-0.2, -0.15) is 0 Å². The number of benzene rings is 1. The van der Waals surface area contributed by atoms with Gasteiger partial charge in [0.1, 0.15) is 6.10 Å². The summed E-state index contributed by atoms with van der Waals surface area (Å²) >= 11 is 9.19. The number of rotatable bonds is 5. The molecule has 0 amide bonds. The Balaban J connectivity index is 3.18. The smallest absolute Gasteiger partial charge is 0.179 e. The van der Waals surface area contributed by atoms with Gasteiger partial charge in [-0.25, -0.2) is 0 Å². The van der Waals surface area contributed by atoms with Crippen molar-refractivity contribution >= 4 is 27.5 Å². The van der Waals surface area contributed by atoms with Crippen LogP contribution in [0.2, 0.25) is 5.02 Å². The molecule has 0 aliphatic carbocycles. The van der Waals surface area contributed by atoms with E-state index in [1.165, 1.54) is 14.2 Å². The van der Waals surface area contributed by atoms with Gasteiger partial charge in [0.05, 0.1) is 25.3 Å². The molecule has 1 aromatic rings. The molecule has 0 radical (unpaired) electrons. The minimum Gasteiger partial charge on any atom is -0.493 e. The number of hydrogen-bond acceptors (Lipinski definition) is 4. The third-order valence-corrected chi connectivity index (χ3v) is 3.41. The first-order chi connectivity index (χ1) is 8.06. The third kappa shape index (κ3) is 3.04. The molecule has 0 heterocycles. The van der Waals surface area contributed by atoms with Crippen molar-refractivity contribution < 1.29 is 19.7 Å². The Morgan fingerprint density at radius 3 is 2.41 bits per heavy atom. The van der Waals surface area contributed by atoms with Crippen molar-refractivity contribution in [3.63, 3.8) is 0 Å². The average Bonchev–Trinajstić information content (AvgIpc) is 2.36. The highest BCUT2D eigenvalue weighted by molar-refractivity contribution is 9.09. The molecule has 6 heteroatoms. The van der Waals surface area contributed by atoms with Crippen molar-refractivity contribution in [1.82, 2.24) is 0 Å². The lowest BCUT2D eigenvalue weighted by atomic mass is 10.0. The monoisotopic (exact) mass is 324 g/mol. The van der Waals surface area contributed by atoms with Crippen molar-refractivity contribution in [2.24, 2.45) is 0 Å². The highest BCUT2D eigenvalue weighted by Crippen LogP contribution is 2.40. The predicted molar refractivity (Wildman–Crippen MR) is 69.3 cm³/mol. The van der Waals surface area contributed by atoms with E-state index in [1.54, 1.807) is 12.1 Å². The average molecular weight is 326 g/mol. The summed E-state index contributed by atoms with van der Waals surface area (Å²) in [6.07, 6.45) is -2.02. The lowest BCUT2D eigenvalue weighted by Gasteiger charge is -2.19. The zero-order chi connectivity index (χ0) is 13.0. The summed E-state index contributed by atoms with van der Waals surface area (Å²) in [5, 5.41) is 19.9. The van der Waals surface area contributed by atoms with Gasteiger partial charge in [-0.15, -0.1) is 0 Å². The highest BCUT2D eigenvalue weighted by Gasteiger charge is 2.23. The van der Waals surface area contributed by atoms with E-state index in [0.717, 1.165) is 0 Å². The molecule has 0 aliphatic heterocycles. The van der Waals surface area contributed by atoms with Gasteiger partial charge in [0, 0.05) is 10.9 Å². The van der Waals surface area contributed by atoms with Crippen LogP contribution >= 0.6 is 27.5 Å². The molecule has 2 N–H and O–H groups in total. The molecule has 0 saturated carbocycles. The lowest BCUT2D eigenvalue weighted by molar-refractivity contribution is 0.0342. The summed E-state index contributed by atoms with van der Waals surface area (Å²) < 4.78 is 10.2. The lowest BCUT2D eigenvalue weighted by Crippen LogP contribution is -2.20. The maximum Gasteiger partial charge on any atom is 0.179 e. The van der Waals surface area contributed by atoms with E-state index in [-0.39, 0.29) is 10.4 Å². The molecule has 0 aromatic heterocycles. The second kappa shape index (κ2) is 6.44. The first-order valence-corrected chi connectivity index (χ1v) is 6.39. The fourth-order valence-corrected chi connectivity index (χ4v) is 2.12. The minimum atomic E-state index is -1.08. The number of aliphatic hydroxyl groups excluding tert-OH is 2. The molecule has 96 valence electrons. The Bertz CT molecular complexity index is 386. The molecule has 1 rings (SSSR count). The molecule has 2 unspecified atom stereocenters. The number of alkyl halides is 1. The fourth-order valence-electron chi connectivity index (χ4n) is 1.42. The second-order valence-corrected chi connectivity index (χ2v) is 4.40. The van der Waals surface area contributed by atoms with Crippen molar-refractivity contribution in [1.29, 1.82) is 0 Å². The van der Waals surface area contributed by atoms with Crippen LogP contribution in [0.4, 0.5) is 0 Å². The van der Waals surface area contributed by atoms with Gasteiger partial charge in [-0.3, -0.25) is 0 Å². The summed E-state index contributed by atoms with van der Waals surface area (Å²) in [6.45, 7) is 0. The molecule has 4 nitrogen and oxygen atoms in total. The Kier molecular flexibility index (Phi) is 5.52. The van der Waals surface area contributed by atoms with Crippen LogP contribution in [0, 0.1) is 0 Å². The van der Waals surface area contributed by atoms with Crippen LogP contribution in [0.5, 0.6) is 11.5 Å². The van der Waals surface area contributed by atoms with E-state index in [1.807, 2.05) is 0 Å². The van der Waals surface area contributed by atoms with Crippen molar-refractivity contribution in [3.05, 3.63) is 22.7 Å². The van der Waals surface area contributed by atoms with Gasteiger partial charge in [0.15, 0.2) is 11.5 Å². The number of hydrogen-bond donors (Lipinski definition) is 2. The van der Waals surface area contributed by atoms with E-state index in [2.05, 4.69) is 15.9 Å². The van der Waals surface area contributed by atoms with Crippen molar-refractivity contribution in [2.45, 2.75) is 12.2 Å². The maximum atomic E-state index is 9.89. The number of aliphatic hydroxyl groups is 2. The Labute approximate surface area is 113 Å². The summed E-state index contributed by atoms with van der Waals surface area (Å²) in [5.74, 6) is 0.814. The molecular weight excluding hydrogens is 311 g/mol. The summed E-state index contributed by atoms with van der Waals surface area (Å²) in [7, 11) is 2.96. The second-order valence-electron chi connectivity index (χ2n) is 3.37. The minimum absolute atomic E-state index is 0.236. The van der Waals surface area contributed by atoms with E-state index < -0.39 is 12.2 Å². The quantitative estimate of drug-likeness (QED) is 0.815. The largest absolute Gasteiger partial charge is 0.493 e. The first kappa shape index (κ1) is 14.6. The topological polar surface area (TPSA) is 58.9 Å². The predicted octanol–water partition coefficient (Wildman–Crippen LogP) is 2.15. The van der Waals surface area contributed by atoms with Gasteiger partial charge < -0.3 is 19.7 Å². The molecular formula is C11H14BrClO4. The van der Waals surface area contributed by atoms with Crippen LogP contribution < -0.4 is 9.47 Å². The summed E-state index contributed by atoms with van der Waals surface area (Å²) in [5.41, 5.74) is 0.399. The highest BCUT2D eigenvalue weighted by atomic mass is 79.9. The van der Waals surface area contributed by atoms with E-state index in [0.29, 0.717) is 17.1 Å². The Morgan fingerprint density at radius 1 is 1.29 bits per heavy atom. The van der Waals surface area contributed by atoms with E-state index in [9.17, 15) is 10.2 Å². The van der Waals surface area contributed by atoms with Crippen LogP contribution in [0.15, 0.2) is 12.1 Å². The molecule has 0 bridgehead atoms. The molecule has 0 spiro atoms. The van der Waals surface area contributed by atoms with E-state index >= 15 is 0 Å². The fraction of sp³-hybridized carbons (Fsp3) is 0.455. The first-order valence-electron chi connectivity index (χ1n) is 4.89. The SMILES string of the molecule is COc1ccc(C(O)C(O)CBr)c(Cl)c1OC.